The highest BCUT2D eigenvalue weighted by molar-refractivity contribution is 5.88. The van der Waals surface area contributed by atoms with Crippen molar-refractivity contribution in [1.29, 1.82) is 0 Å². The van der Waals surface area contributed by atoms with E-state index in [0.717, 1.165) is 47.9 Å². The van der Waals surface area contributed by atoms with Crippen molar-refractivity contribution in [2.75, 3.05) is 20.2 Å². The summed E-state index contributed by atoms with van der Waals surface area (Å²) in [7, 11) is 1.64. The van der Waals surface area contributed by atoms with Gasteiger partial charge >= 0.3 is 6.03 Å². The lowest BCUT2D eigenvalue weighted by molar-refractivity contribution is -0.118. The van der Waals surface area contributed by atoms with Gasteiger partial charge in [0.1, 0.15) is 5.75 Å². The zero-order valence-corrected chi connectivity index (χ0v) is 15.7. The Morgan fingerprint density at radius 2 is 2.07 bits per heavy atom. The Morgan fingerprint density at radius 3 is 2.85 bits per heavy atom. The first-order chi connectivity index (χ1) is 13.1. The number of fused-ring (bicyclic) bond motifs is 1. The molecule has 0 bridgehead atoms. The van der Waals surface area contributed by atoms with Gasteiger partial charge in [0.25, 0.3) is 0 Å². The molecule has 0 saturated carbocycles. The van der Waals surface area contributed by atoms with Crippen LogP contribution in [0.4, 0.5) is 4.79 Å². The summed E-state index contributed by atoms with van der Waals surface area (Å²) in [6, 6.07) is 12.0. The molecule has 144 valence electrons. The quantitative estimate of drug-likeness (QED) is 0.821. The molecule has 0 unspecified atom stereocenters. The van der Waals surface area contributed by atoms with Gasteiger partial charge in [0.2, 0.25) is 5.91 Å². The van der Waals surface area contributed by atoms with Crippen molar-refractivity contribution in [2.24, 2.45) is 11.7 Å². The van der Waals surface area contributed by atoms with Crippen LogP contribution in [0.1, 0.15) is 31.2 Å². The van der Waals surface area contributed by atoms with E-state index >= 15 is 0 Å². The molecule has 1 saturated heterocycles. The Balaban J connectivity index is 1.65. The number of amides is 3. The number of ether oxygens (including phenoxy) is 1. The molecule has 0 aromatic heterocycles. The molecule has 3 rings (SSSR count). The Hall–Kier alpha value is -2.76. The summed E-state index contributed by atoms with van der Waals surface area (Å²) < 4.78 is 5.49. The molecule has 1 atom stereocenters. The molecule has 1 aliphatic rings. The number of benzene rings is 2. The van der Waals surface area contributed by atoms with E-state index < -0.39 is 0 Å². The third-order valence-corrected chi connectivity index (χ3v) is 5.24. The molecule has 0 radical (unpaired) electrons. The topological polar surface area (TPSA) is 84.7 Å². The molecule has 2 aromatic carbocycles. The van der Waals surface area contributed by atoms with Crippen LogP contribution in [0, 0.1) is 5.92 Å². The molecule has 3 amide bonds. The Labute approximate surface area is 159 Å². The smallest absolute Gasteiger partial charge is 0.317 e. The van der Waals surface area contributed by atoms with Crippen LogP contribution in [-0.4, -0.2) is 37.0 Å². The second-order valence-corrected chi connectivity index (χ2v) is 7.09. The molecule has 6 nitrogen and oxygen atoms in total. The van der Waals surface area contributed by atoms with Crippen LogP contribution in [-0.2, 0) is 11.3 Å². The average Bonchev–Trinajstić information content (AvgIpc) is 2.70. The van der Waals surface area contributed by atoms with E-state index in [9.17, 15) is 9.59 Å². The zero-order valence-electron chi connectivity index (χ0n) is 15.7. The van der Waals surface area contributed by atoms with Crippen molar-refractivity contribution in [2.45, 2.75) is 32.2 Å². The van der Waals surface area contributed by atoms with E-state index in [2.05, 4.69) is 5.32 Å². The Bertz CT molecular complexity index is 821. The maximum Gasteiger partial charge on any atom is 0.317 e. The molecule has 27 heavy (non-hydrogen) atoms. The number of nitrogens with two attached hydrogens (primary N) is 1. The largest absolute Gasteiger partial charge is 0.496 e. The number of urea groups is 1. The second-order valence-electron chi connectivity index (χ2n) is 7.09. The predicted molar refractivity (Wildman–Crippen MR) is 105 cm³/mol. The third-order valence-electron chi connectivity index (χ3n) is 5.24. The first-order valence-electron chi connectivity index (χ1n) is 9.44. The van der Waals surface area contributed by atoms with Gasteiger partial charge in [-0.3, -0.25) is 4.79 Å². The number of methoxy groups -OCH3 is 1. The van der Waals surface area contributed by atoms with Gasteiger partial charge in [0, 0.05) is 31.6 Å². The van der Waals surface area contributed by atoms with Crippen molar-refractivity contribution in [1.82, 2.24) is 10.2 Å². The van der Waals surface area contributed by atoms with Gasteiger partial charge in [-0.1, -0.05) is 30.3 Å². The summed E-state index contributed by atoms with van der Waals surface area (Å²) in [6.07, 6.45) is 3.12. The van der Waals surface area contributed by atoms with Crippen molar-refractivity contribution < 1.29 is 14.3 Å². The highest BCUT2D eigenvalue weighted by Gasteiger charge is 2.24. The lowest BCUT2D eigenvalue weighted by Crippen LogP contribution is -2.45. The highest BCUT2D eigenvalue weighted by Crippen LogP contribution is 2.28. The van der Waals surface area contributed by atoms with Crippen LogP contribution in [0.25, 0.3) is 10.8 Å². The molecule has 0 aliphatic carbocycles. The summed E-state index contributed by atoms with van der Waals surface area (Å²) >= 11 is 0. The number of rotatable bonds is 6. The first-order valence-corrected chi connectivity index (χ1v) is 9.44. The highest BCUT2D eigenvalue weighted by atomic mass is 16.5. The summed E-state index contributed by atoms with van der Waals surface area (Å²) in [5, 5.41) is 5.23. The molecular formula is C21H27N3O3. The Morgan fingerprint density at radius 1 is 1.26 bits per heavy atom. The summed E-state index contributed by atoms with van der Waals surface area (Å²) in [6.45, 7) is 1.82. The molecule has 1 aliphatic heterocycles. The fourth-order valence-electron chi connectivity index (χ4n) is 3.80. The normalized spacial score (nSPS) is 16.9. The molecule has 1 fully saturated rings. The van der Waals surface area contributed by atoms with E-state index in [1.807, 2.05) is 41.3 Å². The van der Waals surface area contributed by atoms with Crippen LogP contribution >= 0.6 is 0 Å². The number of hydrogen-bond acceptors (Lipinski definition) is 3. The minimum Gasteiger partial charge on any atom is -0.496 e. The number of nitrogens with one attached hydrogen (secondary N) is 1. The van der Waals surface area contributed by atoms with E-state index in [1.165, 1.54) is 0 Å². The standard InChI is InChI=1S/C21H27N3O3/c1-27-19-10-9-16-6-2-3-7-17(16)18(19)13-23-21(26)24-12-4-5-15(14-24)8-11-20(22)25/h2-3,6-7,9-10,15H,4-5,8,11-14H2,1H3,(H2,22,25)(H,23,26)/t15-/m0/s1. The van der Waals surface area contributed by atoms with Gasteiger partial charge in [-0.05, 0) is 42.0 Å². The fourth-order valence-corrected chi connectivity index (χ4v) is 3.80. The maximum atomic E-state index is 12.7. The number of carbonyl (C=O) groups is 2. The number of nitrogens with zero attached hydrogens (tertiary/aromatic N) is 1. The number of primary amides is 1. The van der Waals surface area contributed by atoms with Crippen molar-refractivity contribution in [3.63, 3.8) is 0 Å². The Kier molecular flexibility index (Phi) is 6.16. The summed E-state index contributed by atoms with van der Waals surface area (Å²) in [5.41, 5.74) is 6.22. The molecule has 6 heteroatoms. The molecule has 2 aromatic rings. The van der Waals surface area contributed by atoms with E-state index in [-0.39, 0.29) is 11.9 Å². The van der Waals surface area contributed by atoms with Gasteiger partial charge in [-0.2, -0.15) is 0 Å². The van der Waals surface area contributed by atoms with Crippen LogP contribution in [0.15, 0.2) is 36.4 Å². The summed E-state index contributed by atoms with van der Waals surface area (Å²) in [4.78, 5) is 25.5. The fraction of sp³-hybridized carbons (Fsp3) is 0.429. The minimum absolute atomic E-state index is 0.0752. The number of piperidine rings is 1. The molecule has 3 N–H and O–H groups in total. The van der Waals surface area contributed by atoms with E-state index in [1.54, 1.807) is 7.11 Å². The van der Waals surface area contributed by atoms with Crippen molar-refractivity contribution in [3.05, 3.63) is 42.0 Å². The average molecular weight is 369 g/mol. The number of carbonyl (C=O) groups excluding carboxylic acids is 2. The second kappa shape index (κ2) is 8.75. The van der Waals surface area contributed by atoms with Gasteiger partial charge in [-0.15, -0.1) is 0 Å². The minimum atomic E-state index is -0.278. The van der Waals surface area contributed by atoms with Crippen molar-refractivity contribution in [3.8, 4) is 5.75 Å². The first kappa shape index (κ1) is 19.0. The lowest BCUT2D eigenvalue weighted by atomic mass is 9.93. The predicted octanol–water partition coefficient (Wildman–Crippen LogP) is 3.04. The van der Waals surface area contributed by atoms with Crippen LogP contribution in [0.3, 0.4) is 0 Å². The van der Waals surface area contributed by atoms with Crippen LogP contribution < -0.4 is 15.8 Å². The third kappa shape index (κ3) is 4.70. The zero-order chi connectivity index (χ0) is 19.2. The van der Waals surface area contributed by atoms with Crippen molar-refractivity contribution >= 4 is 22.7 Å². The van der Waals surface area contributed by atoms with E-state index in [0.29, 0.717) is 25.4 Å². The van der Waals surface area contributed by atoms with Crippen LogP contribution in [0.2, 0.25) is 0 Å². The maximum absolute atomic E-state index is 12.7. The van der Waals surface area contributed by atoms with Crippen LogP contribution in [0.5, 0.6) is 5.75 Å². The molecule has 1 heterocycles. The van der Waals surface area contributed by atoms with Gasteiger partial charge in [0.15, 0.2) is 0 Å². The van der Waals surface area contributed by atoms with Gasteiger partial charge in [0.05, 0.1) is 7.11 Å². The summed E-state index contributed by atoms with van der Waals surface area (Å²) in [5.74, 6) is 0.829. The monoisotopic (exact) mass is 369 g/mol. The SMILES string of the molecule is COc1ccc2ccccc2c1CNC(=O)N1CCC[C@@H](CCC(N)=O)C1. The van der Waals surface area contributed by atoms with Gasteiger partial charge < -0.3 is 20.7 Å². The molecule has 0 spiro atoms. The molecular weight excluding hydrogens is 342 g/mol. The lowest BCUT2D eigenvalue weighted by Gasteiger charge is -2.32. The number of likely N-dealkylation sites (tertiary alicyclic amines) is 1. The van der Waals surface area contributed by atoms with E-state index in [4.69, 9.17) is 10.5 Å². The number of hydrogen-bond donors (Lipinski definition) is 2. The van der Waals surface area contributed by atoms with Gasteiger partial charge in [-0.25, -0.2) is 4.79 Å².